The van der Waals surface area contributed by atoms with E-state index >= 15 is 0 Å². The van der Waals surface area contributed by atoms with Gasteiger partial charge in [0.15, 0.2) is 0 Å². The highest BCUT2D eigenvalue weighted by Crippen LogP contribution is 2.18. The predicted molar refractivity (Wildman–Crippen MR) is 103 cm³/mol. The number of carboxylic acid groups (broad SMARTS) is 1. The molecule has 0 heterocycles. The van der Waals surface area contributed by atoms with Crippen LogP contribution in [0.15, 0.2) is 41.6 Å². The van der Waals surface area contributed by atoms with Gasteiger partial charge in [-0.1, -0.05) is 59.9 Å². The number of aliphatic carboxylic acids is 1. The summed E-state index contributed by atoms with van der Waals surface area (Å²) < 4.78 is 5.38. The van der Waals surface area contributed by atoms with E-state index < -0.39 is 25.7 Å². The fourth-order valence-corrected chi connectivity index (χ4v) is 5.27. The second-order valence-corrected chi connectivity index (χ2v) is 12.0. The van der Waals surface area contributed by atoms with Crippen molar-refractivity contribution in [2.75, 3.05) is 13.1 Å². The molecule has 0 fully saturated rings. The highest BCUT2D eigenvalue weighted by atomic mass is 28.3. The van der Waals surface area contributed by atoms with E-state index in [2.05, 4.69) is 25.2 Å². The van der Waals surface area contributed by atoms with Crippen LogP contribution in [0.25, 0.3) is 0 Å². The van der Waals surface area contributed by atoms with Gasteiger partial charge in [0.25, 0.3) is 0 Å². The van der Waals surface area contributed by atoms with Gasteiger partial charge in [-0.25, -0.2) is 4.79 Å². The second-order valence-electron chi connectivity index (χ2n) is 7.54. The average molecular weight is 364 g/mol. The molecule has 0 unspecified atom stereocenters. The third kappa shape index (κ3) is 6.38. The smallest absolute Gasteiger partial charge is 0.411 e. The maximum atomic E-state index is 12.4. The number of allylic oxidation sites excluding steroid dienone is 1. The van der Waals surface area contributed by atoms with Crippen LogP contribution in [0, 0.1) is 0 Å². The molecule has 6 heteroatoms. The lowest BCUT2D eigenvalue weighted by Crippen LogP contribution is -2.49. The van der Waals surface area contributed by atoms with Crippen molar-refractivity contribution < 1.29 is 19.4 Å². The molecule has 0 aliphatic carbocycles. The van der Waals surface area contributed by atoms with Crippen LogP contribution < -0.4 is 5.19 Å². The standard InChI is InChI=1S/C19H29NO4Si/c1-7-15(25(5,6)16-11-9-8-10-12-16)13-20(14-17(21)22)18(23)24-19(2,3)4/h7-12H,13-14H2,1-6H3,(H,21,22)/b15-7-. The first-order chi connectivity index (χ1) is 11.5. The third-order valence-corrected chi connectivity index (χ3v) is 7.81. The molecule has 0 aliphatic rings. The molecule has 0 saturated heterocycles. The fourth-order valence-electron chi connectivity index (χ4n) is 2.57. The molecule has 1 amide bonds. The van der Waals surface area contributed by atoms with Crippen LogP contribution in [0.2, 0.25) is 13.1 Å². The van der Waals surface area contributed by atoms with Crippen molar-refractivity contribution >= 4 is 25.3 Å². The summed E-state index contributed by atoms with van der Waals surface area (Å²) in [5, 5.41) is 11.5. The lowest BCUT2D eigenvalue weighted by atomic mass is 10.2. The molecule has 25 heavy (non-hydrogen) atoms. The molecule has 1 N–H and O–H groups in total. The molecule has 0 aromatic heterocycles. The number of nitrogens with zero attached hydrogens (tertiary/aromatic N) is 1. The Labute approximate surface area is 151 Å². The third-order valence-electron chi connectivity index (χ3n) is 3.99. The van der Waals surface area contributed by atoms with Gasteiger partial charge in [-0.3, -0.25) is 9.69 Å². The number of ether oxygens (including phenoxy) is 1. The maximum Gasteiger partial charge on any atom is 0.411 e. The number of hydrogen-bond donors (Lipinski definition) is 1. The van der Waals surface area contributed by atoms with Crippen LogP contribution in [-0.4, -0.2) is 48.8 Å². The molecule has 1 aromatic carbocycles. The number of carbonyl (C=O) groups excluding carboxylic acids is 1. The molecule has 0 spiro atoms. The van der Waals surface area contributed by atoms with Gasteiger partial charge in [-0.15, -0.1) is 0 Å². The van der Waals surface area contributed by atoms with Gasteiger partial charge in [0, 0.05) is 6.54 Å². The summed E-state index contributed by atoms with van der Waals surface area (Å²) in [6, 6.07) is 10.1. The van der Waals surface area contributed by atoms with Gasteiger partial charge in [0.2, 0.25) is 0 Å². The zero-order chi connectivity index (χ0) is 19.3. The number of carboxylic acids is 1. The van der Waals surface area contributed by atoms with Crippen LogP contribution >= 0.6 is 0 Å². The molecule has 0 bridgehead atoms. The van der Waals surface area contributed by atoms with Gasteiger partial charge >= 0.3 is 12.1 Å². The zero-order valence-electron chi connectivity index (χ0n) is 16.0. The summed E-state index contributed by atoms with van der Waals surface area (Å²) in [5.74, 6) is -1.06. The van der Waals surface area contributed by atoms with Crippen molar-refractivity contribution in [2.45, 2.75) is 46.4 Å². The minimum Gasteiger partial charge on any atom is -0.480 e. The van der Waals surface area contributed by atoms with Crippen molar-refractivity contribution in [1.29, 1.82) is 0 Å². The van der Waals surface area contributed by atoms with Gasteiger partial charge in [-0.05, 0) is 27.7 Å². The summed E-state index contributed by atoms with van der Waals surface area (Å²) >= 11 is 0. The lowest BCUT2D eigenvalue weighted by molar-refractivity contribution is -0.138. The highest BCUT2D eigenvalue weighted by molar-refractivity contribution is 6.95. The SMILES string of the molecule is C/C=C(/CN(CC(=O)O)C(=O)OC(C)(C)C)[Si](C)(C)c1ccccc1. The van der Waals surface area contributed by atoms with Crippen molar-refractivity contribution in [1.82, 2.24) is 4.90 Å². The Morgan fingerprint density at radius 1 is 1.16 bits per heavy atom. The second kappa shape index (κ2) is 8.34. The first kappa shape index (κ1) is 21.0. The first-order valence-electron chi connectivity index (χ1n) is 8.38. The summed E-state index contributed by atoms with van der Waals surface area (Å²) in [5.41, 5.74) is -0.670. The Hall–Kier alpha value is -2.08. The van der Waals surface area contributed by atoms with Crippen molar-refractivity contribution in [3.63, 3.8) is 0 Å². The predicted octanol–water partition coefficient (Wildman–Crippen LogP) is 3.41. The largest absolute Gasteiger partial charge is 0.480 e. The molecule has 138 valence electrons. The Morgan fingerprint density at radius 2 is 1.72 bits per heavy atom. The molecular formula is C19H29NO4Si. The van der Waals surface area contributed by atoms with E-state index in [1.807, 2.05) is 31.2 Å². The monoisotopic (exact) mass is 363 g/mol. The van der Waals surface area contributed by atoms with Crippen LogP contribution in [0.5, 0.6) is 0 Å². The van der Waals surface area contributed by atoms with Gasteiger partial charge in [0.1, 0.15) is 20.2 Å². The maximum absolute atomic E-state index is 12.4. The zero-order valence-corrected chi connectivity index (χ0v) is 17.0. The van der Waals surface area contributed by atoms with Crippen LogP contribution in [0.3, 0.4) is 0 Å². The minimum atomic E-state index is -2.01. The average Bonchev–Trinajstić information content (AvgIpc) is 2.49. The quantitative estimate of drug-likeness (QED) is 0.787. The summed E-state index contributed by atoms with van der Waals surface area (Å²) in [6.07, 6.45) is 1.39. The highest BCUT2D eigenvalue weighted by Gasteiger charge is 2.32. The Kier molecular flexibility index (Phi) is 6.99. The number of carbonyl (C=O) groups is 2. The van der Waals surface area contributed by atoms with Gasteiger partial charge in [-0.2, -0.15) is 0 Å². The van der Waals surface area contributed by atoms with Gasteiger partial charge < -0.3 is 9.84 Å². The molecule has 1 aromatic rings. The van der Waals surface area contributed by atoms with Crippen molar-refractivity contribution in [2.24, 2.45) is 0 Å². The summed E-state index contributed by atoms with van der Waals surface area (Å²) in [4.78, 5) is 24.9. The number of rotatable bonds is 6. The van der Waals surface area contributed by atoms with Gasteiger partial charge in [0.05, 0.1) is 0 Å². The summed E-state index contributed by atoms with van der Waals surface area (Å²) in [6.45, 7) is 11.5. The van der Waals surface area contributed by atoms with E-state index in [4.69, 9.17) is 4.74 Å². The number of amides is 1. The molecule has 0 radical (unpaired) electrons. The summed E-state index contributed by atoms with van der Waals surface area (Å²) in [7, 11) is -2.01. The van der Waals surface area contributed by atoms with E-state index in [0.717, 1.165) is 5.20 Å². The van der Waals surface area contributed by atoms with E-state index in [0.29, 0.717) is 0 Å². The molecule has 0 saturated carbocycles. The Morgan fingerprint density at radius 3 is 2.16 bits per heavy atom. The number of benzene rings is 1. The van der Waals surface area contributed by atoms with Crippen molar-refractivity contribution in [3.8, 4) is 0 Å². The normalized spacial score (nSPS) is 12.6. The molecule has 0 aliphatic heterocycles. The molecular weight excluding hydrogens is 334 g/mol. The molecule has 0 atom stereocenters. The van der Waals surface area contributed by atoms with Crippen LogP contribution in [0.1, 0.15) is 27.7 Å². The fraction of sp³-hybridized carbons (Fsp3) is 0.474. The van der Waals surface area contributed by atoms with E-state index in [1.165, 1.54) is 10.1 Å². The minimum absolute atomic E-state index is 0.256. The van der Waals surface area contributed by atoms with E-state index in [-0.39, 0.29) is 13.1 Å². The number of hydrogen-bond acceptors (Lipinski definition) is 3. The first-order valence-corrected chi connectivity index (χ1v) is 11.4. The Balaban J connectivity index is 3.07. The van der Waals surface area contributed by atoms with Crippen molar-refractivity contribution in [3.05, 3.63) is 41.6 Å². The molecule has 5 nitrogen and oxygen atoms in total. The van der Waals surface area contributed by atoms with E-state index in [9.17, 15) is 14.7 Å². The Bertz CT molecular complexity index is 633. The van der Waals surface area contributed by atoms with Crippen LogP contribution in [-0.2, 0) is 9.53 Å². The van der Waals surface area contributed by atoms with E-state index in [1.54, 1.807) is 20.8 Å². The lowest BCUT2D eigenvalue weighted by Gasteiger charge is -2.32. The molecule has 1 rings (SSSR count). The van der Waals surface area contributed by atoms with Crippen LogP contribution in [0.4, 0.5) is 4.79 Å². The topological polar surface area (TPSA) is 66.8 Å².